The first-order chi connectivity index (χ1) is 15.5. The Kier molecular flexibility index (Phi) is 4.19. The summed E-state index contributed by atoms with van der Waals surface area (Å²) in [6.45, 7) is 0.407. The number of hydrogen-bond acceptors (Lipinski definition) is 6. The monoisotopic (exact) mass is 491 g/mol. The van der Waals surface area contributed by atoms with Crippen LogP contribution in [-0.2, 0) is 4.79 Å². The number of piperidine rings is 1. The van der Waals surface area contributed by atoms with Crippen molar-refractivity contribution in [3.05, 3.63) is 52.9 Å². The quantitative estimate of drug-likeness (QED) is 0.416. The molecular weight excluding hydrogens is 474 g/mol. The highest BCUT2D eigenvalue weighted by atomic mass is 79.9. The highest BCUT2D eigenvalue weighted by molar-refractivity contribution is 9.10. The molecule has 5 heterocycles. The number of nitrogens with one attached hydrogen (secondary N) is 1. The van der Waals surface area contributed by atoms with Gasteiger partial charge in [-0.15, -0.1) is 0 Å². The molecule has 32 heavy (non-hydrogen) atoms. The fourth-order valence-electron chi connectivity index (χ4n) is 4.66. The van der Waals surface area contributed by atoms with Crippen LogP contribution in [-0.4, -0.2) is 49.0 Å². The second kappa shape index (κ2) is 6.99. The molecule has 0 saturated carbocycles. The lowest BCUT2D eigenvalue weighted by molar-refractivity contribution is -0.122. The van der Waals surface area contributed by atoms with Crippen LogP contribution in [0.25, 0.3) is 27.7 Å². The molecule has 3 amide bonds. The Morgan fingerprint density at radius 3 is 2.88 bits per heavy atom. The third-order valence-corrected chi connectivity index (χ3v) is 7.12. The third-order valence-electron chi connectivity index (χ3n) is 6.31. The van der Waals surface area contributed by atoms with Gasteiger partial charge in [-0.1, -0.05) is 18.2 Å². The van der Waals surface area contributed by atoms with Crippen molar-refractivity contribution >= 4 is 50.2 Å². The van der Waals surface area contributed by atoms with Crippen LogP contribution in [0.2, 0.25) is 0 Å². The summed E-state index contributed by atoms with van der Waals surface area (Å²) in [4.78, 5) is 35.3. The Bertz CT molecular complexity index is 1430. The lowest BCUT2D eigenvalue weighted by Gasteiger charge is -2.33. The summed E-state index contributed by atoms with van der Waals surface area (Å²) >= 11 is 3.59. The molecule has 3 aromatic heterocycles. The number of carbonyl (C=O) groups excluding carboxylic acids is 2. The third kappa shape index (κ3) is 2.79. The number of rotatable bonds is 2. The minimum Gasteiger partial charge on any atom is -0.383 e. The summed E-state index contributed by atoms with van der Waals surface area (Å²) in [7, 11) is 0. The van der Waals surface area contributed by atoms with Gasteiger partial charge in [0.2, 0.25) is 0 Å². The van der Waals surface area contributed by atoms with Gasteiger partial charge < -0.3 is 10.6 Å². The van der Waals surface area contributed by atoms with Crippen LogP contribution < -0.4 is 11.1 Å². The first kappa shape index (κ1) is 19.2. The van der Waals surface area contributed by atoms with E-state index in [9.17, 15) is 9.59 Å². The summed E-state index contributed by atoms with van der Waals surface area (Å²) < 4.78 is 2.26. The molecule has 9 nitrogen and oxygen atoms in total. The molecule has 2 aliphatic heterocycles. The van der Waals surface area contributed by atoms with Gasteiger partial charge in [0.05, 0.1) is 21.9 Å². The number of imide groups is 1. The molecule has 2 aliphatic rings. The number of carbonyl (C=O) groups is 2. The largest absolute Gasteiger partial charge is 0.383 e. The lowest BCUT2D eigenvalue weighted by Crippen LogP contribution is -2.42. The van der Waals surface area contributed by atoms with E-state index in [4.69, 9.17) is 10.7 Å². The van der Waals surface area contributed by atoms with E-state index in [1.165, 1.54) is 0 Å². The van der Waals surface area contributed by atoms with Gasteiger partial charge >= 0.3 is 6.03 Å². The molecule has 0 unspecified atom stereocenters. The Labute approximate surface area is 190 Å². The van der Waals surface area contributed by atoms with E-state index in [1.54, 1.807) is 15.6 Å². The van der Waals surface area contributed by atoms with Crippen LogP contribution >= 0.6 is 15.9 Å². The minimum absolute atomic E-state index is 0.0537. The van der Waals surface area contributed by atoms with Crippen molar-refractivity contribution in [1.29, 1.82) is 0 Å². The van der Waals surface area contributed by atoms with Gasteiger partial charge in [-0.3, -0.25) is 15.1 Å². The van der Waals surface area contributed by atoms with Crippen LogP contribution in [0, 0.1) is 0 Å². The number of amides is 3. The first-order valence-corrected chi connectivity index (χ1v) is 11.1. The maximum absolute atomic E-state index is 12.2. The van der Waals surface area contributed by atoms with Crippen LogP contribution in [0.3, 0.4) is 0 Å². The summed E-state index contributed by atoms with van der Waals surface area (Å²) in [6, 6.07) is 9.24. The molecule has 1 aromatic carbocycles. The topological polar surface area (TPSA) is 119 Å². The van der Waals surface area contributed by atoms with E-state index in [0.717, 1.165) is 34.1 Å². The minimum atomic E-state index is -0.396. The van der Waals surface area contributed by atoms with Crippen LogP contribution in [0.4, 0.5) is 10.6 Å². The van der Waals surface area contributed by atoms with Gasteiger partial charge in [0.15, 0.2) is 5.65 Å². The van der Waals surface area contributed by atoms with Gasteiger partial charge in [-0.2, -0.15) is 9.61 Å². The van der Waals surface area contributed by atoms with Crippen LogP contribution in [0.1, 0.15) is 24.5 Å². The van der Waals surface area contributed by atoms with E-state index in [1.807, 2.05) is 30.5 Å². The second-order valence-electron chi connectivity index (χ2n) is 8.14. The molecule has 0 bridgehead atoms. The fourth-order valence-corrected chi connectivity index (χ4v) is 5.24. The average Bonchev–Trinajstić information content (AvgIpc) is 3.36. The number of aromatic nitrogens is 4. The van der Waals surface area contributed by atoms with Crippen molar-refractivity contribution in [3.8, 4) is 11.1 Å². The lowest BCUT2D eigenvalue weighted by atomic mass is 9.90. The SMILES string of the molecule is Nc1c(Br)c([C@H]2CC[C@H]3C(=O)NC(=O)N3C2)nc2c(-c3cnc4ccccc4c3)cnn12. The number of nitrogens with zero attached hydrogens (tertiary/aromatic N) is 5. The molecular formula is C22H18BrN7O2. The number of anilines is 1. The molecule has 160 valence electrons. The van der Waals surface area contributed by atoms with Gasteiger partial charge in [0, 0.05) is 35.2 Å². The normalized spacial score (nSPS) is 20.7. The zero-order chi connectivity index (χ0) is 22.0. The number of fused-ring (bicyclic) bond motifs is 3. The maximum atomic E-state index is 12.2. The van der Waals surface area contributed by atoms with Gasteiger partial charge in [0.25, 0.3) is 5.91 Å². The molecule has 2 saturated heterocycles. The fraction of sp³-hybridized carbons (Fsp3) is 0.227. The smallest absolute Gasteiger partial charge is 0.324 e. The average molecular weight is 492 g/mol. The molecule has 6 rings (SSSR count). The molecule has 4 aromatic rings. The van der Waals surface area contributed by atoms with Crippen molar-refractivity contribution in [1.82, 2.24) is 29.8 Å². The standard InChI is InChI=1S/C22H18BrN7O2/c23-17-18(12-5-6-16-21(31)28-22(32)29(16)10-12)27-20-14(9-26-30(20)19(17)24)13-7-11-3-1-2-4-15(11)25-8-13/h1-4,7-9,12,16H,5-6,10,24H2,(H,28,31,32)/t12-,16-/m0/s1. The van der Waals surface area contributed by atoms with Crippen molar-refractivity contribution in [2.24, 2.45) is 0 Å². The van der Waals surface area contributed by atoms with Crippen molar-refractivity contribution in [2.75, 3.05) is 12.3 Å². The molecule has 0 aliphatic carbocycles. The Balaban J connectivity index is 1.45. The Hall–Kier alpha value is -3.53. The molecule has 0 spiro atoms. The number of halogens is 1. The summed E-state index contributed by atoms with van der Waals surface area (Å²) in [5.41, 5.74) is 10.4. The molecule has 3 N–H and O–H groups in total. The van der Waals surface area contributed by atoms with E-state index in [-0.39, 0.29) is 17.9 Å². The van der Waals surface area contributed by atoms with E-state index in [0.29, 0.717) is 28.9 Å². The zero-order valence-electron chi connectivity index (χ0n) is 16.8. The maximum Gasteiger partial charge on any atom is 0.324 e. The van der Waals surface area contributed by atoms with Crippen LogP contribution in [0.15, 0.2) is 47.2 Å². The first-order valence-electron chi connectivity index (χ1n) is 10.3. The summed E-state index contributed by atoms with van der Waals surface area (Å²) in [5, 5.41) is 7.87. The number of nitrogens with two attached hydrogens (primary N) is 1. The Morgan fingerprint density at radius 1 is 1.16 bits per heavy atom. The summed E-state index contributed by atoms with van der Waals surface area (Å²) in [5.74, 6) is 0.161. The van der Waals surface area contributed by atoms with Gasteiger partial charge in [0.1, 0.15) is 11.9 Å². The molecule has 2 fully saturated rings. The summed E-state index contributed by atoms with van der Waals surface area (Å²) in [6.07, 6.45) is 4.86. The van der Waals surface area contributed by atoms with Gasteiger partial charge in [-0.25, -0.2) is 9.78 Å². The van der Waals surface area contributed by atoms with Crippen LogP contribution in [0.5, 0.6) is 0 Å². The molecule has 2 atom stereocenters. The molecule has 0 radical (unpaired) electrons. The number of nitrogen functional groups attached to an aromatic ring is 1. The number of urea groups is 1. The van der Waals surface area contributed by atoms with Crippen molar-refractivity contribution in [3.63, 3.8) is 0 Å². The van der Waals surface area contributed by atoms with E-state index >= 15 is 0 Å². The molecule has 10 heteroatoms. The highest BCUT2D eigenvalue weighted by Gasteiger charge is 2.43. The number of para-hydroxylation sites is 1. The number of hydrogen-bond donors (Lipinski definition) is 2. The predicted octanol–water partition coefficient (Wildman–Crippen LogP) is 3.09. The number of benzene rings is 1. The second-order valence-corrected chi connectivity index (χ2v) is 8.94. The van der Waals surface area contributed by atoms with E-state index < -0.39 is 6.04 Å². The van der Waals surface area contributed by atoms with E-state index in [2.05, 4.69) is 37.4 Å². The van der Waals surface area contributed by atoms with Crippen molar-refractivity contribution in [2.45, 2.75) is 24.8 Å². The van der Waals surface area contributed by atoms with Crippen molar-refractivity contribution < 1.29 is 9.59 Å². The van der Waals surface area contributed by atoms with Gasteiger partial charge in [-0.05, 0) is 40.9 Å². The number of pyridine rings is 1. The Morgan fingerprint density at radius 2 is 2.00 bits per heavy atom. The highest BCUT2D eigenvalue weighted by Crippen LogP contribution is 2.38. The zero-order valence-corrected chi connectivity index (χ0v) is 18.4. The predicted molar refractivity (Wildman–Crippen MR) is 122 cm³/mol.